The summed E-state index contributed by atoms with van der Waals surface area (Å²) in [6, 6.07) is 3.89. The second-order valence-corrected chi connectivity index (χ2v) is 7.10. The minimum Gasteiger partial charge on any atom is -0.447 e. The molecule has 1 aromatic heterocycles. The first-order chi connectivity index (χ1) is 9.57. The zero-order valence-corrected chi connectivity index (χ0v) is 13.1. The maximum Gasteiger partial charge on any atom is 0.276 e. The minimum absolute atomic E-state index is 0.0584. The predicted molar refractivity (Wildman–Crippen MR) is 77.9 cm³/mol. The van der Waals surface area contributed by atoms with Gasteiger partial charge in [0.1, 0.15) is 5.76 Å². The van der Waals surface area contributed by atoms with E-state index in [0.717, 1.165) is 12.8 Å². The smallest absolute Gasteiger partial charge is 0.276 e. The third-order valence-corrected chi connectivity index (χ3v) is 5.34. The molecule has 0 radical (unpaired) electrons. The molecule has 1 aliphatic carbocycles. The molecule has 0 amide bonds. The van der Waals surface area contributed by atoms with Gasteiger partial charge in [-0.25, -0.2) is 8.42 Å². The van der Waals surface area contributed by atoms with E-state index in [0.29, 0.717) is 31.4 Å². The molecule has 1 heterocycles. The summed E-state index contributed by atoms with van der Waals surface area (Å²) in [5.41, 5.74) is 0. The SMILES string of the molecule is CCCCN(CC)S(=O)(=O)c1ccc(CNC2CC2)o1. The van der Waals surface area contributed by atoms with Crippen LogP contribution in [0.1, 0.15) is 45.3 Å². The Bertz CT molecular complexity index is 520. The maximum absolute atomic E-state index is 12.4. The highest BCUT2D eigenvalue weighted by atomic mass is 32.2. The van der Waals surface area contributed by atoms with Crippen molar-refractivity contribution in [3.8, 4) is 0 Å². The summed E-state index contributed by atoms with van der Waals surface area (Å²) in [5, 5.41) is 3.37. The van der Waals surface area contributed by atoms with Crippen LogP contribution in [0.5, 0.6) is 0 Å². The molecule has 1 N–H and O–H groups in total. The summed E-state index contributed by atoms with van der Waals surface area (Å²) < 4.78 is 31.9. The van der Waals surface area contributed by atoms with Gasteiger partial charge in [0.2, 0.25) is 5.09 Å². The molecule has 20 heavy (non-hydrogen) atoms. The topological polar surface area (TPSA) is 62.6 Å². The molecule has 0 atom stereocenters. The summed E-state index contributed by atoms with van der Waals surface area (Å²) in [5.74, 6) is 0.682. The molecule has 1 fully saturated rings. The van der Waals surface area contributed by atoms with Crippen LogP contribution in [0.3, 0.4) is 0 Å². The average molecular weight is 300 g/mol. The standard InChI is InChI=1S/C14H24N2O3S/c1-3-5-10-16(4-2)20(17,18)14-9-8-13(19-14)11-15-12-6-7-12/h8-9,12,15H,3-7,10-11H2,1-2H3. The van der Waals surface area contributed by atoms with E-state index in [1.54, 1.807) is 12.1 Å². The normalized spacial score (nSPS) is 15.9. The summed E-state index contributed by atoms with van der Waals surface area (Å²) >= 11 is 0. The predicted octanol–water partition coefficient (Wildman–Crippen LogP) is 2.34. The third-order valence-electron chi connectivity index (χ3n) is 3.49. The highest BCUT2D eigenvalue weighted by molar-refractivity contribution is 7.89. The van der Waals surface area contributed by atoms with E-state index in [9.17, 15) is 8.42 Å². The van der Waals surface area contributed by atoms with E-state index < -0.39 is 10.0 Å². The lowest BCUT2D eigenvalue weighted by Crippen LogP contribution is -2.31. The molecular weight excluding hydrogens is 276 g/mol. The Hall–Kier alpha value is -0.850. The van der Waals surface area contributed by atoms with E-state index in [-0.39, 0.29) is 5.09 Å². The van der Waals surface area contributed by atoms with Crippen molar-refractivity contribution in [3.63, 3.8) is 0 Å². The van der Waals surface area contributed by atoms with Gasteiger partial charge in [0.15, 0.2) is 0 Å². The van der Waals surface area contributed by atoms with Gasteiger partial charge in [0, 0.05) is 19.1 Å². The highest BCUT2D eigenvalue weighted by Gasteiger charge is 2.26. The van der Waals surface area contributed by atoms with Gasteiger partial charge in [-0.05, 0) is 31.4 Å². The van der Waals surface area contributed by atoms with Crippen LogP contribution < -0.4 is 5.32 Å². The summed E-state index contributed by atoms with van der Waals surface area (Å²) in [4.78, 5) is 0. The third kappa shape index (κ3) is 3.84. The van der Waals surface area contributed by atoms with Crippen molar-refractivity contribution in [1.82, 2.24) is 9.62 Å². The number of hydrogen-bond acceptors (Lipinski definition) is 4. The summed E-state index contributed by atoms with van der Waals surface area (Å²) in [6.45, 7) is 5.52. The zero-order valence-electron chi connectivity index (χ0n) is 12.3. The lowest BCUT2D eigenvalue weighted by Gasteiger charge is -2.18. The van der Waals surface area contributed by atoms with Crippen LogP contribution >= 0.6 is 0 Å². The van der Waals surface area contributed by atoms with Crippen LogP contribution in [0.25, 0.3) is 0 Å². The Morgan fingerprint density at radius 1 is 1.35 bits per heavy atom. The largest absolute Gasteiger partial charge is 0.447 e. The van der Waals surface area contributed by atoms with Crippen LogP contribution in [0.4, 0.5) is 0 Å². The quantitative estimate of drug-likeness (QED) is 0.760. The van der Waals surface area contributed by atoms with E-state index >= 15 is 0 Å². The molecule has 0 aromatic carbocycles. The summed E-state index contributed by atoms with van der Waals surface area (Å²) in [7, 11) is -3.49. The van der Waals surface area contributed by atoms with Crippen molar-refractivity contribution in [1.29, 1.82) is 0 Å². The molecule has 0 saturated heterocycles. The van der Waals surface area contributed by atoms with E-state index in [4.69, 9.17) is 4.42 Å². The van der Waals surface area contributed by atoms with Gasteiger partial charge in [-0.3, -0.25) is 0 Å². The number of hydrogen-bond donors (Lipinski definition) is 1. The Balaban J connectivity index is 2.03. The van der Waals surface area contributed by atoms with Crippen molar-refractivity contribution in [2.75, 3.05) is 13.1 Å². The molecule has 0 aliphatic heterocycles. The van der Waals surface area contributed by atoms with Crippen molar-refractivity contribution < 1.29 is 12.8 Å². The van der Waals surface area contributed by atoms with Crippen LogP contribution in [-0.4, -0.2) is 31.9 Å². The molecule has 6 heteroatoms. The Labute approximate surface area is 121 Å². The highest BCUT2D eigenvalue weighted by Crippen LogP contribution is 2.22. The van der Waals surface area contributed by atoms with Gasteiger partial charge in [0.25, 0.3) is 10.0 Å². The molecule has 0 bridgehead atoms. The number of nitrogens with zero attached hydrogens (tertiary/aromatic N) is 1. The molecule has 0 unspecified atom stereocenters. The average Bonchev–Trinajstić information content (AvgIpc) is 3.13. The number of nitrogens with one attached hydrogen (secondary N) is 1. The first-order valence-corrected chi connectivity index (χ1v) is 8.84. The lowest BCUT2D eigenvalue weighted by molar-refractivity contribution is 0.365. The van der Waals surface area contributed by atoms with Crippen LogP contribution in [0.2, 0.25) is 0 Å². The van der Waals surface area contributed by atoms with Gasteiger partial charge < -0.3 is 9.73 Å². The Kier molecular flexibility index (Phi) is 5.23. The number of sulfonamides is 1. The number of unbranched alkanes of at least 4 members (excludes halogenated alkanes) is 1. The molecular formula is C14H24N2O3S. The van der Waals surface area contributed by atoms with Crippen molar-refractivity contribution in [3.05, 3.63) is 17.9 Å². The summed E-state index contributed by atoms with van der Waals surface area (Å²) in [6.07, 6.45) is 4.24. The fraction of sp³-hybridized carbons (Fsp3) is 0.714. The number of furan rings is 1. The zero-order chi connectivity index (χ0) is 14.6. The fourth-order valence-corrected chi connectivity index (χ4v) is 3.45. The monoisotopic (exact) mass is 300 g/mol. The molecule has 1 saturated carbocycles. The number of rotatable bonds is 9. The van der Waals surface area contributed by atoms with Crippen LogP contribution in [0.15, 0.2) is 21.6 Å². The van der Waals surface area contributed by atoms with E-state index in [2.05, 4.69) is 12.2 Å². The second-order valence-electron chi connectivity index (χ2n) is 5.23. The second kappa shape index (κ2) is 6.74. The van der Waals surface area contributed by atoms with Crippen LogP contribution in [-0.2, 0) is 16.6 Å². The van der Waals surface area contributed by atoms with Gasteiger partial charge in [-0.2, -0.15) is 4.31 Å². The maximum atomic E-state index is 12.4. The molecule has 5 nitrogen and oxygen atoms in total. The minimum atomic E-state index is -3.49. The van der Waals surface area contributed by atoms with Gasteiger partial charge in [-0.1, -0.05) is 20.3 Å². The molecule has 0 spiro atoms. The molecule has 1 aromatic rings. The van der Waals surface area contributed by atoms with Crippen molar-refractivity contribution in [2.45, 2.75) is 57.2 Å². The lowest BCUT2D eigenvalue weighted by atomic mass is 10.3. The molecule has 2 rings (SSSR count). The van der Waals surface area contributed by atoms with Crippen molar-refractivity contribution >= 4 is 10.0 Å². The Morgan fingerprint density at radius 2 is 2.10 bits per heavy atom. The molecule has 114 valence electrons. The van der Waals surface area contributed by atoms with Crippen LogP contribution in [0, 0.1) is 0 Å². The fourth-order valence-electron chi connectivity index (χ4n) is 2.03. The van der Waals surface area contributed by atoms with Crippen molar-refractivity contribution in [2.24, 2.45) is 0 Å². The molecule has 1 aliphatic rings. The van der Waals surface area contributed by atoms with Gasteiger partial charge in [0.05, 0.1) is 6.54 Å². The Morgan fingerprint density at radius 3 is 2.70 bits per heavy atom. The van der Waals surface area contributed by atoms with E-state index in [1.165, 1.54) is 17.1 Å². The van der Waals surface area contributed by atoms with Gasteiger partial charge >= 0.3 is 0 Å². The van der Waals surface area contributed by atoms with Gasteiger partial charge in [-0.15, -0.1) is 0 Å². The van der Waals surface area contributed by atoms with E-state index in [1.807, 2.05) is 6.92 Å². The first-order valence-electron chi connectivity index (χ1n) is 7.40. The first kappa shape index (κ1) is 15.5.